The molecule has 2 N–H and O–H groups in total. The molecule has 0 radical (unpaired) electrons. The van der Waals surface area contributed by atoms with Crippen LogP contribution in [0.2, 0.25) is 0 Å². The van der Waals surface area contributed by atoms with Crippen LogP contribution in [0.15, 0.2) is 28.7 Å². The predicted molar refractivity (Wildman–Crippen MR) is 68.7 cm³/mol. The van der Waals surface area contributed by atoms with Crippen LogP contribution in [-0.4, -0.2) is 11.7 Å². The summed E-state index contributed by atoms with van der Waals surface area (Å²) in [7, 11) is 0. The molecule has 14 heavy (non-hydrogen) atoms. The monoisotopic (exact) mass is 272 g/mol. The van der Waals surface area contributed by atoms with E-state index in [1.807, 2.05) is 24.3 Å². The van der Waals surface area contributed by atoms with E-state index in [2.05, 4.69) is 33.5 Å². The fourth-order valence-corrected chi connectivity index (χ4v) is 1.56. The van der Waals surface area contributed by atoms with Crippen LogP contribution in [0.25, 0.3) is 0 Å². The molecule has 0 aliphatic heterocycles. The summed E-state index contributed by atoms with van der Waals surface area (Å²) in [4.78, 5) is 0. The number of anilines is 1. The third kappa shape index (κ3) is 3.64. The van der Waals surface area contributed by atoms with Crippen molar-refractivity contribution >= 4 is 38.9 Å². The van der Waals surface area contributed by atoms with Gasteiger partial charge < -0.3 is 10.6 Å². The maximum absolute atomic E-state index is 5.12. The van der Waals surface area contributed by atoms with Gasteiger partial charge in [0.1, 0.15) is 0 Å². The van der Waals surface area contributed by atoms with Crippen molar-refractivity contribution in [3.05, 3.63) is 28.7 Å². The Morgan fingerprint density at radius 3 is 2.79 bits per heavy atom. The lowest BCUT2D eigenvalue weighted by molar-refractivity contribution is 0.846. The summed E-state index contributed by atoms with van der Waals surface area (Å²) < 4.78 is 1.01. The molecule has 1 aromatic rings. The highest BCUT2D eigenvalue weighted by atomic mass is 79.9. The van der Waals surface area contributed by atoms with Gasteiger partial charge in [-0.3, -0.25) is 0 Å². The van der Waals surface area contributed by atoms with Crippen molar-refractivity contribution in [1.82, 2.24) is 5.32 Å². The number of para-hydroxylation sites is 1. The Bertz CT molecular complexity index is 315. The highest BCUT2D eigenvalue weighted by Crippen LogP contribution is 2.20. The van der Waals surface area contributed by atoms with Crippen molar-refractivity contribution in [3.63, 3.8) is 0 Å². The highest BCUT2D eigenvalue weighted by Gasteiger charge is 1.99. The first-order valence-corrected chi connectivity index (χ1v) is 5.73. The number of halogens is 1. The minimum atomic E-state index is 0.666. The van der Waals surface area contributed by atoms with Crippen LogP contribution in [0.3, 0.4) is 0 Å². The zero-order valence-electron chi connectivity index (χ0n) is 8.01. The van der Waals surface area contributed by atoms with E-state index in [4.69, 9.17) is 12.2 Å². The lowest BCUT2D eigenvalue weighted by Gasteiger charge is -2.10. The number of thiocarbonyl (C=S) groups is 1. The fraction of sp³-hybridized carbons (Fsp3) is 0.300. The Labute approximate surface area is 98.2 Å². The predicted octanol–water partition coefficient (Wildman–Crippen LogP) is 3.15. The number of rotatable bonds is 3. The zero-order valence-corrected chi connectivity index (χ0v) is 10.4. The van der Waals surface area contributed by atoms with E-state index in [1.165, 1.54) is 0 Å². The minimum Gasteiger partial charge on any atom is -0.362 e. The Balaban J connectivity index is 2.52. The largest absolute Gasteiger partial charge is 0.362 e. The summed E-state index contributed by atoms with van der Waals surface area (Å²) >= 11 is 8.56. The molecule has 0 aliphatic carbocycles. The molecule has 1 aromatic carbocycles. The van der Waals surface area contributed by atoms with E-state index in [-0.39, 0.29) is 0 Å². The van der Waals surface area contributed by atoms with Gasteiger partial charge in [-0.2, -0.15) is 0 Å². The summed E-state index contributed by atoms with van der Waals surface area (Å²) in [5, 5.41) is 6.89. The summed E-state index contributed by atoms with van der Waals surface area (Å²) in [5.74, 6) is 0. The Kier molecular flexibility index (Phi) is 4.90. The molecule has 1 rings (SSSR count). The number of nitrogens with one attached hydrogen (secondary N) is 2. The third-order valence-corrected chi connectivity index (χ3v) is 2.60. The summed E-state index contributed by atoms with van der Waals surface area (Å²) in [6.07, 6.45) is 1.07. The van der Waals surface area contributed by atoms with Gasteiger partial charge in [-0.1, -0.05) is 19.1 Å². The average molecular weight is 273 g/mol. The third-order valence-electron chi connectivity index (χ3n) is 1.66. The standard InChI is InChI=1S/C10H13BrN2S/c1-2-7-12-10(14)13-9-6-4-3-5-8(9)11/h3-6H,2,7H2,1H3,(H2,12,13,14). The van der Waals surface area contributed by atoms with Crippen LogP contribution in [0.5, 0.6) is 0 Å². The van der Waals surface area contributed by atoms with Gasteiger partial charge in [0.15, 0.2) is 5.11 Å². The first-order valence-electron chi connectivity index (χ1n) is 4.53. The summed E-state index contributed by atoms with van der Waals surface area (Å²) in [6, 6.07) is 7.89. The maximum atomic E-state index is 5.12. The molecule has 2 nitrogen and oxygen atoms in total. The SMILES string of the molecule is CCCNC(=S)Nc1ccccc1Br. The van der Waals surface area contributed by atoms with Crippen LogP contribution >= 0.6 is 28.1 Å². The van der Waals surface area contributed by atoms with Gasteiger partial charge in [0, 0.05) is 11.0 Å². The van der Waals surface area contributed by atoms with Crippen LogP contribution in [0.1, 0.15) is 13.3 Å². The van der Waals surface area contributed by atoms with Crippen molar-refractivity contribution in [3.8, 4) is 0 Å². The Morgan fingerprint density at radius 1 is 1.43 bits per heavy atom. The molecule has 0 aromatic heterocycles. The van der Waals surface area contributed by atoms with Crippen molar-refractivity contribution in [2.45, 2.75) is 13.3 Å². The first-order chi connectivity index (χ1) is 6.74. The molecule has 4 heteroatoms. The van der Waals surface area contributed by atoms with E-state index in [0.717, 1.165) is 23.1 Å². The van der Waals surface area contributed by atoms with Crippen molar-refractivity contribution in [2.75, 3.05) is 11.9 Å². The molecular formula is C10H13BrN2S. The molecule has 0 saturated carbocycles. The normalized spacial score (nSPS) is 9.57. The van der Waals surface area contributed by atoms with Crippen LogP contribution in [0, 0.1) is 0 Å². The van der Waals surface area contributed by atoms with Crippen LogP contribution in [-0.2, 0) is 0 Å². The molecule has 0 fully saturated rings. The van der Waals surface area contributed by atoms with Crippen LogP contribution < -0.4 is 10.6 Å². The minimum absolute atomic E-state index is 0.666. The second-order valence-electron chi connectivity index (χ2n) is 2.86. The van der Waals surface area contributed by atoms with Gasteiger partial charge in [0.25, 0.3) is 0 Å². The molecule has 0 unspecified atom stereocenters. The average Bonchev–Trinajstić information content (AvgIpc) is 2.18. The first kappa shape index (κ1) is 11.5. The van der Waals surface area contributed by atoms with E-state index >= 15 is 0 Å². The van der Waals surface area contributed by atoms with Gasteiger partial charge in [-0.15, -0.1) is 0 Å². The molecule has 0 aliphatic rings. The van der Waals surface area contributed by atoms with E-state index in [1.54, 1.807) is 0 Å². The smallest absolute Gasteiger partial charge is 0.170 e. The Morgan fingerprint density at radius 2 is 2.14 bits per heavy atom. The van der Waals surface area contributed by atoms with Crippen molar-refractivity contribution in [2.24, 2.45) is 0 Å². The lowest BCUT2D eigenvalue weighted by Crippen LogP contribution is -2.28. The topological polar surface area (TPSA) is 24.1 Å². The fourth-order valence-electron chi connectivity index (χ4n) is 0.968. The number of hydrogen-bond acceptors (Lipinski definition) is 1. The van der Waals surface area contributed by atoms with Gasteiger partial charge in [-0.25, -0.2) is 0 Å². The summed E-state index contributed by atoms with van der Waals surface area (Å²) in [5.41, 5.74) is 0.987. The maximum Gasteiger partial charge on any atom is 0.170 e. The van der Waals surface area contributed by atoms with Gasteiger partial charge in [-0.05, 0) is 46.7 Å². The highest BCUT2D eigenvalue weighted by molar-refractivity contribution is 9.10. The van der Waals surface area contributed by atoms with Crippen LogP contribution in [0.4, 0.5) is 5.69 Å². The van der Waals surface area contributed by atoms with Gasteiger partial charge in [0.05, 0.1) is 5.69 Å². The Hall–Kier alpha value is -0.610. The number of hydrogen-bond donors (Lipinski definition) is 2. The molecule has 0 bridgehead atoms. The van der Waals surface area contributed by atoms with Crippen molar-refractivity contribution < 1.29 is 0 Å². The molecule has 76 valence electrons. The molecule has 0 saturated heterocycles. The molecular weight excluding hydrogens is 260 g/mol. The molecule has 0 spiro atoms. The second-order valence-corrected chi connectivity index (χ2v) is 4.12. The van der Waals surface area contributed by atoms with E-state index in [9.17, 15) is 0 Å². The van der Waals surface area contributed by atoms with Crippen molar-refractivity contribution in [1.29, 1.82) is 0 Å². The zero-order chi connectivity index (χ0) is 10.4. The second kappa shape index (κ2) is 5.98. The molecule has 0 atom stereocenters. The lowest BCUT2D eigenvalue weighted by atomic mass is 10.3. The van der Waals surface area contributed by atoms with E-state index < -0.39 is 0 Å². The quantitative estimate of drug-likeness (QED) is 0.827. The van der Waals surface area contributed by atoms with Gasteiger partial charge >= 0.3 is 0 Å². The molecule has 0 amide bonds. The van der Waals surface area contributed by atoms with Gasteiger partial charge in [0.2, 0.25) is 0 Å². The summed E-state index contributed by atoms with van der Waals surface area (Å²) in [6.45, 7) is 3.00. The number of benzene rings is 1. The van der Waals surface area contributed by atoms with E-state index in [0.29, 0.717) is 5.11 Å². The molecule has 0 heterocycles.